The molecule has 0 spiro atoms. The number of carbonyl (C=O) groups is 2. The summed E-state index contributed by atoms with van der Waals surface area (Å²) in [5.74, 6) is 1.52. The SMILES string of the molecule is CCC1CN(c2ccc(-c3ccnc(Nc4cc(OC)c(OC)c(OCCOCCOCCOCCOCC(=O)O)c4)n3)cn2)CCN1C(=O)OC(C)(C)C. The van der Waals surface area contributed by atoms with Gasteiger partial charge in [0.25, 0.3) is 0 Å². The van der Waals surface area contributed by atoms with Crippen LogP contribution in [0.1, 0.15) is 34.1 Å². The molecule has 2 aromatic heterocycles. The van der Waals surface area contributed by atoms with Crippen molar-refractivity contribution in [2.75, 3.05) is 104 Å². The minimum atomic E-state index is -1.01. The Balaban J connectivity index is 1.27. The van der Waals surface area contributed by atoms with Crippen molar-refractivity contribution in [2.45, 2.75) is 45.8 Å². The molecule has 3 heterocycles. The van der Waals surface area contributed by atoms with Gasteiger partial charge in [0.15, 0.2) is 11.5 Å². The zero-order chi connectivity index (χ0) is 39.6. The van der Waals surface area contributed by atoms with E-state index in [2.05, 4.69) is 22.1 Å². The summed E-state index contributed by atoms with van der Waals surface area (Å²) in [7, 11) is 3.08. The number of carboxylic acids is 1. The van der Waals surface area contributed by atoms with Gasteiger partial charge in [0, 0.05) is 55.4 Å². The third kappa shape index (κ3) is 14.0. The number of anilines is 3. The van der Waals surface area contributed by atoms with Gasteiger partial charge in [0.2, 0.25) is 11.7 Å². The average molecular weight is 771 g/mol. The van der Waals surface area contributed by atoms with Crippen molar-refractivity contribution in [2.24, 2.45) is 0 Å². The van der Waals surface area contributed by atoms with Crippen LogP contribution in [-0.4, -0.2) is 142 Å². The van der Waals surface area contributed by atoms with E-state index in [-0.39, 0.29) is 32.0 Å². The van der Waals surface area contributed by atoms with Crippen LogP contribution in [0.2, 0.25) is 0 Å². The molecule has 3 aromatic rings. The van der Waals surface area contributed by atoms with E-state index in [1.807, 2.05) is 43.9 Å². The van der Waals surface area contributed by atoms with E-state index in [0.29, 0.717) is 93.9 Å². The molecule has 0 radical (unpaired) electrons. The van der Waals surface area contributed by atoms with Crippen LogP contribution in [0.25, 0.3) is 11.3 Å². The van der Waals surface area contributed by atoms with Gasteiger partial charge >= 0.3 is 12.1 Å². The first-order valence-electron chi connectivity index (χ1n) is 18.2. The van der Waals surface area contributed by atoms with Crippen molar-refractivity contribution in [3.8, 4) is 28.5 Å². The Morgan fingerprint density at radius 2 is 1.55 bits per heavy atom. The van der Waals surface area contributed by atoms with E-state index in [0.717, 1.165) is 17.8 Å². The lowest BCUT2D eigenvalue weighted by molar-refractivity contribution is -0.142. The Labute approximate surface area is 322 Å². The molecule has 4 rings (SSSR count). The van der Waals surface area contributed by atoms with Gasteiger partial charge in [0.1, 0.15) is 24.6 Å². The zero-order valence-electron chi connectivity index (χ0n) is 32.6. The predicted molar refractivity (Wildman–Crippen MR) is 204 cm³/mol. The van der Waals surface area contributed by atoms with E-state index in [4.69, 9.17) is 53.0 Å². The molecule has 17 nitrogen and oxygen atoms in total. The molecular weight excluding hydrogens is 716 g/mol. The number of aliphatic carboxylic acids is 1. The predicted octanol–water partition coefficient (Wildman–Crippen LogP) is 4.66. The molecule has 302 valence electrons. The molecule has 1 aliphatic heterocycles. The van der Waals surface area contributed by atoms with Gasteiger partial charge in [-0.2, -0.15) is 0 Å². The van der Waals surface area contributed by atoms with Crippen molar-refractivity contribution in [1.29, 1.82) is 0 Å². The first-order valence-corrected chi connectivity index (χ1v) is 18.2. The van der Waals surface area contributed by atoms with Gasteiger partial charge in [-0.25, -0.2) is 24.5 Å². The van der Waals surface area contributed by atoms with Crippen LogP contribution in [0.15, 0.2) is 42.7 Å². The minimum Gasteiger partial charge on any atom is -0.493 e. The van der Waals surface area contributed by atoms with Crippen LogP contribution in [0.3, 0.4) is 0 Å². The lowest BCUT2D eigenvalue weighted by Gasteiger charge is -2.41. The van der Waals surface area contributed by atoms with Crippen LogP contribution in [0.5, 0.6) is 17.2 Å². The highest BCUT2D eigenvalue weighted by Gasteiger charge is 2.33. The molecule has 17 heteroatoms. The normalized spacial score (nSPS) is 14.4. The highest BCUT2D eigenvalue weighted by molar-refractivity contribution is 5.70. The molecule has 55 heavy (non-hydrogen) atoms. The fraction of sp³-hybridized carbons (Fsp3) is 0.553. The number of pyridine rings is 1. The molecule has 0 saturated carbocycles. The summed E-state index contributed by atoms with van der Waals surface area (Å²) >= 11 is 0. The summed E-state index contributed by atoms with van der Waals surface area (Å²) in [4.78, 5) is 41.1. The summed E-state index contributed by atoms with van der Waals surface area (Å²) in [5, 5.41) is 11.8. The highest BCUT2D eigenvalue weighted by Crippen LogP contribution is 2.40. The number of hydrogen-bond donors (Lipinski definition) is 2. The topological polar surface area (TPSA) is 185 Å². The number of piperazine rings is 1. The average Bonchev–Trinajstić information content (AvgIpc) is 3.16. The number of carboxylic acid groups (broad SMARTS) is 1. The van der Waals surface area contributed by atoms with Crippen molar-refractivity contribution in [1.82, 2.24) is 19.9 Å². The van der Waals surface area contributed by atoms with Crippen LogP contribution in [0, 0.1) is 0 Å². The quantitative estimate of drug-likeness (QED) is 0.134. The summed E-state index contributed by atoms with van der Waals surface area (Å²) in [5.41, 5.74) is 1.59. The smallest absolute Gasteiger partial charge is 0.410 e. The maximum absolute atomic E-state index is 12.8. The summed E-state index contributed by atoms with van der Waals surface area (Å²) in [6.07, 6.45) is 3.99. The van der Waals surface area contributed by atoms with E-state index >= 15 is 0 Å². The van der Waals surface area contributed by atoms with E-state index in [1.165, 1.54) is 7.11 Å². The second-order valence-corrected chi connectivity index (χ2v) is 13.3. The molecule has 0 aliphatic carbocycles. The number of hydrogen-bond acceptors (Lipinski definition) is 15. The minimum absolute atomic E-state index is 0.0205. The standard InChI is InChI=1S/C38H54N6O11/c1-7-29-25-43(12-13-44(29)37(47)55-38(2,3)4)33-9-8-27(24-40-33)30-10-11-39-36(42-30)41-28-22-31(48-5)35(49-6)32(23-28)54-21-20-52-17-16-50-14-15-51-18-19-53-26-34(45)46/h8-11,22-24,29H,7,12-21,25-26H2,1-6H3,(H,45,46)(H,39,41,42). The molecule has 1 aliphatic rings. The fourth-order valence-corrected chi connectivity index (χ4v) is 5.55. The van der Waals surface area contributed by atoms with Gasteiger partial charge < -0.3 is 58.1 Å². The first kappa shape index (κ1) is 42.8. The monoisotopic (exact) mass is 770 g/mol. The van der Waals surface area contributed by atoms with Crippen LogP contribution in [0.4, 0.5) is 22.2 Å². The molecule has 1 unspecified atom stereocenters. The summed E-state index contributed by atoms with van der Waals surface area (Å²) < 4.78 is 44.1. The van der Waals surface area contributed by atoms with Gasteiger partial charge in [-0.3, -0.25) is 0 Å². The Hall–Kier alpha value is -4.97. The number of methoxy groups -OCH3 is 2. The molecule has 2 N–H and O–H groups in total. The Kier molecular flexibility index (Phi) is 17.0. The number of benzene rings is 1. The second kappa shape index (κ2) is 21.8. The van der Waals surface area contributed by atoms with E-state index in [1.54, 1.807) is 31.6 Å². The number of carbonyl (C=O) groups excluding carboxylic acids is 1. The van der Waals surface area contributed by atoms with E-state index in [9.17, 15) is 9.59 Å². The van der Waals surface area contributed by atoms with Crippen LogP contribution < -0.4 is 24.4 Å². The highest BCUT2D eigenvalue weighted by atomic mass is 16.6. The van der Waals surface area contributed by atoms with E-state index < -0.39 is 11.6 Å². The molecular formula is C38H54N6O11. The lowest BCUT2D eigenvalue weighted by atomic mass is 10.1. The third-order valence-corrected chi connectivity index (χ3v) is 8.13. The largest absolute Gasteiger partial charge is 0.493 e. The molecule has 0 bridgehead atoms. The summed E-state index contributed by atoms with van der Waals surface area (Å²) in [6, 6.07) is 9.33. The third-order valence-electron chi connectivity index (χ3n) is 8.13. The van der Waals surface area contributed by atoms with Gasteiger partial charge in [-0.15, -0.1) is 0 Å². The zero-order valence-corrected chi connectivity index (χ0v) is 32.6. The molecule has 1 aromatic carbocycles. The second-order valence-electron chi connectivity index (χ2n) is 13.3. The number of aromatic nitrogens is 3. The fourth-order valence-electron chi connectivity index (χ4n) is 5.55. The molecule has 1 atom stereocenters. The maximum atomic E-state index is 12.8. The number of amides is 1. The van der Waals surface area contributed by atoms with Crippen molar-refractivity contribution >= 4 is 29.5 Å². The summed E-state index contributed by atoms with van der Waals surface area (Å²) in [6.45, 7) is 11.8. The van der Waals surface area contributed by atoms with Gasteiger partial charge in [0.05, 0.1) is 72.2 Å². The van der Waals surface area contributed by atoms with Crippen molar-refractivity contribution in [3.05, 3.63) is 42.7 Å². The van der Waals surface area contributed by atoms with Gasteiger partial charge in [-0.05, 0) is 45.4 Å². The maximum Gasteiger partial charge on any atom is 0.410 e. The molecule has 1 fully saturated rings. The van der Waals surface area contributed by atoms with Crippen LogP contribution in [-0.2, 0) is 28.5 Å². The van der Waals surface area contributed by atoms with Crippen LogP contribution >= 0.6 is 0 Å². The van der Waals surface area contributed by atoms with Crippen molar-refractivity contribution in [3.63, 3.8) is 0 Å². The number of rotatable bonds is 22. The first-order chi connectivity index (χ1) is 26.5. The lowest BCUT2D eigenvalue weighted by Crippen LogP contribution is -2.56. The van der Waals surface area contributed by atoms with Crippen molar-refractivity contribution < 1.29 is 52.6 Å². The Bertz CT molecular complexity index is 1640. The number of nitrogens with one attached hydrogen (secondary N) is 1. The molecule has 1 amide bonds. The number of nitrogens with zero attached hydrogens (tertiary/aromatic N) is 5. The molecule has 1 saturated heterocycles. The Morgan fingerprint density at radius 3 is 2.15 bits per heavy atom. The van der Waals surface area contributed by atoms with Gasteiger partial charge in [-0.1, -0.05) is 6.92 Å². The Morgan fingerprint density at radius 1 is 0.873 bits per heavy atom. The number of ether oxygens (including phenoxy) is 8.